The maximum absolute atomic E-state index is 12.9. The summed E-state index contributed by atoms with van der Waals surface area (Å²) in [4.78, 5) is 29.2. The van der Waals surface area contributed by atoms with Gasteiger partial charge in [0, 0.05) is 38.8 Å². The fourth-order valence-corrected chi connectivity index (χ4v) is 4.35. The van der Waals surface area contributed by atoms with Crippen molar-refractivity contribution in [3.8, 4) is 0 Å². The summed E-state index contributed by atoms with van der Waals surface area (Å²) in [5, 5.41) is 11.5. The standard InChI is InChI=1S/C20H32N6O2/c1-14-18(22-23-26(14)13-16-5-3-4-6-16)20(28)25-11-9-24(10-12-25)15(2)19(27)21-17-7-8-17/h15-17H,3-13H2,1-2H3,(H,21,27). The van der Waals surface area contributed by atoms with Crippen molar-refractivity contribution in [3.05, 3.63) is 11.4 Å². The third-order valence-electron chi connectivity index (χ3n) is 6.54. The number of aromatic nitrogens is 3. The summed E-state index contributed by atoms with van der Waals surface area (Å²) in [6, 6.07) is 0.236. The van der Waals surface area contributed by atoms with Crippen LogP contribution in [0.4, 0.5) is 0 Å². The third kappa shape index (κ3) is 4.21. The highest BCUT2D eigenvalue weighted by molar-refractivity contribution is 5.93. The van der Waals surface area contributed by atoms with E-state index in [2.05, 4.69) is 20.5 Å². The molecule has 2 amide bonds. The second-order valence-corrected chi connectivity index (χ2v) is 8.64. The zero-order valence-electron chi connectivity index (χ0n) is 17.1. The predicted molar refractivity (Wildman–Crippen MR) is 105 cm³/mol. The van der Waals surface area contributed by atoms with E-state index < -0.39 is 0 Å². The highest BCUT2D eigenvalue weighted by Crippen LogP contribution is 2.26. The molecule has 0 bridgehead atoms. The van der Waals surface area contributed by atoms with Crippen molar-refractivity contribution in [2.24, 2.45) is 5.92 Å². The SMILES string of the molecule is Cc1c(C(=O)N2CCN(C(C)C(=O)NC3CC3)CC2)nnn1CC1CCCC1. The van der Waals surface area contributed by atoms with Crippen LogP contribution < -0.4 is 5.32 Å². The van der Waals surface area contributed by atoms with Gasteiger partial charge in [-0.25, -0.2) is 4.68 Å². The van der Waals surface area contributed by atoms with Crippen molar-refractivity contribution in [3.63, 3.8) is 0 Å². The number of hydrogen-bond donors (Lipinski definition) is 1. The van der Waals surface area contributed by atoms with E-state index in [1.165, 1.54) is 25.7 Å². The Morgan fingerprint density at radius 1 is 1.11 bits per heavy atom. The molecule has 3 aliphatic rings. The van der Waals surface area contributed by atoms with Gasteiger partial charge < -0.3 is 10.2 Å². The summed E-state index contributed by atoms with van der Waals surface area (Å²) in [5.41, 5.74) is 1.35. The summed E-state index contributed by atoms with van der Waals surface area (Å²) in [5.74, 6) is 0.730. The van der Waals surface area contributed by atoms with Crippen LogP contribution in [0.1, 0.15) is 61.6 Å². The van der Waals surface area contributed by atoms with Gasteiger partial charge in [-0.05, 0) is 45.4 Å². The van der Waals surface area contributed by atoms with Crippen molar-refractivity contribution in [2.45, 2.75) is 71.0 Å². The highest BCUT2D eigenvalue weighted by atomic mass is 16.2. The molecule has 0 aromatic carbocycles. The van der Waals surface area contributed by atoms with E-state index >= 15 is 0 Å². The van der Waals surface area contributed by atoms with Crippen LogP contribution in [-0.4, -0.2) is 74.9 Å². The Morgan fingerprint density at radius 2 is 1.79 bits per heavy atom. The van der Waals surface area contributed by atoms with Gasteiger partial charge in [-0.3, -0.25) is 14.5 Å². The summed E-state index contributed by atoms with van der Waals surface area (Å²) in [6.45, 7) is 7.42. The largest absolute Gasteiger partial charge is 0.352 e. The van der Waals surface area contributed by atoms with Gasteiger partial charge >= 0.3 is 0 Å². The molecule has 3 fully saturated rings. The zero-order valence-corrected chi connectivity index (χ0v) is 17.1. The van der Waals surface area contributed by atoms with Crippen LogP contribution in [0.15, 0.2) is 0 Å². The number of nitrogens with one attached hydrogen (secondary N) is 1. The molecule has 1 aromatic rings. The van der Waals surface area contributed by atoms with Crippen LogP contribution in [0.3, 0.4) is 0 Å². The zero-order chi connectivity index (χ0) is 19.7. The van der Waals surface area contributed by atoms with Gasteiger partial charge in [0.15, 0.2) is 5.69 Å². The summed E-state index contributed by atoms with van der Waals surface area (Å²) in [7, 11) is 0. The monoisotopic (exact) mass is 388 g/mol. The Kier molecular flexibility index (Phi) is 5.66. The molecule has 0 radical (unpaired) electrons. The van der Waals surface area contributed by atoms with E-state index in [1.807, 2.05) is 23.4 Å². The number of amides is 2. The summed E-state index contributed by atoms with van der Waals surface area (Å²) >= 11 is 0. The number of piperazine rings is 1. The maximum atomic E-state index is 12.9. The van der Waals surface area contributed by atoms with Gasteiger partial charge in [0.2, 0.25) is 5.91 Å². The molecular weight excluding hydrogens is 356 g/mol. The minimum absolute atomic E-state index is 0.0371. The molecule has 28 heavy (non-hydrogen) atoms. The summed E-state index contributed by atoms with van der Waals surface area (Å²) < 4.78 is 1.91. The van der Waals surface area contributed by atoms with Crippen LogP contribution in [0, 0.1) is 12.8 Å². The van der Waals surface area contributed by atoms with E-state index in [4.69, 9.17) is 0 Å². The van der Waals surface area contributed by atoms with Crippen LogP contribution in [0.25, 0.3) is 0 Å². The van der Waals surface area contributed by atoms with Crippen molar-refractivity contribution in [1.82, 2.24) is 30.1 Å². The molecule has 4 rings (SSSR count). The average Bonchev–Trinajstić information content (AvgIpc) is 3.23. The maximum Gasteiger partial charge on any atom is 0.276 e. The number of hydrogen-bond acceptors (Lipinski definition) is 5. The molecule has 2 saturated carbocycles. The molecule has 8 nitrogen and oxygen atoms in total. The first-order valence-electron chi connectivity index (χ1n) is 10.8. The predicted octanol–water partition coefficient (Wildman–Crippen LogP) is 1.20. The first kappa shape index (κ1) is 19.4. The lowest BCUT2D eigenvalue weighted by atomic mass is 10.1. The number of nitrogens with zero attached hydrogens (tertiary/aromatic N) is 5. The topological polar surface area (TPSA) is 83.4 Å². The number of rotatable bonds is 6. The van der Waals surface area contributed by atoms with E-state index in [9.17, 15) is 9.59 Å². The van der Waals surface area contributed by atoms with Crippen LogP contribution >= 0.6 is 0 Å². The van der Waals surface area contributed by atoms with Gasteiger partial charge in [-0.2, -0.15) is 0 Å². The second-order valence-electron chi connectivity index (χ2n) is 8.64. The van der Waals surface area contributed by atoms with Crippen molar-refractivity contribution >= 4 is 11.8 Å². The Balaban J connectivity index is 1.31. The van der Waals surface area contributed by atoms with Crippen molar-refractivity contribution < 1.29 is 9.59 Å². The lowest BCUT2D eigenvalue weighted by molar-refractivity contribution is -0.126. The van der Waals surface area contributed by atoms with Gasteiger partial charge in [-0.1, -0.05) is 18.1 Å². The van der Waals surface area contributed by atoms with Gasteiger partial charge in [0.25, 0.3) is 5.91 Å². The molecule has 1 saturated heterocycles. The Hall–Kier alpha value is -1.96. The molecule has 1 aliphatic heterocycles. The van der Waals surface area contributed by atoms with Gasteiger partial charge in [-0.15, -0.1) is 5.10 Å². The molecular formula is C20H32N6O2. The van der Waals surface area contributed by atoms with E-state index in [0.717, 1.165) is 25.1 Å². The van der Waals surface area contributed by atoms with Crippen LogP contribution in [0.5, 0.6) is 0 Å². The quantitative estimate of drug-likeness (QED) is 0.792. The molecule has 2 aliphatic carbocycles. The van der Waals surface area contributed by atoms with Gasteiger partial charge in [0.1, 0.15) is 0 Å². The normalized spacial score (nSPS) is 22.4. The average molecular weight is 389 g/mol. The molecule has 8 heteroatoms. The summed E-state index contributed by atoms with van der Waals surface area (Å²) in [6.07, 6.45) is 7.29. The number of carbonyl (C=O) groups excluding carboxylic acids is 2. The van der Waals surface area contributed by atoms with E-state index in [1.54, 1.807) is 0 Å². The van der Waals surface area contributed by atoms with Crippen LogP contribution in [-0.2, 0) is 11.3 Å². The minimum Gasteiger partial charge on any atom is -0.352 e. The molecule has 1 atom stereocenters. The first-order chi connectivity index (χ1) is 13.5. The molecule has 1 aromatic heterocycles. The molecule has 1 N–H and O–H groups in total. The van der Waals surface area contributed by atoms with Crippen molar-refractivity contribution in [1.29, 1.82) is 0 Å². The fourth-order valence-electron chi connectivity index (χ4n) is 4.35. The smallest absolute Gasteiger partial charge is 0.276 e. The highest BCUT2D eigenvalue weighted by Gasteiger charge is 2.32. The fraction of sp³-hybridized carbons (Fsp3) is 0.800. The van der Waals surface area contributed by atoms with Crippen LogP contribution in [0.2, 0.25) is 0 Å². The Labute approximate surface area is 166 Å². The third-order valence-corrected chi connectivity index (χ3v) is 6.54. The first-order valence-corrected chi connectivity index (χ1v) is 10.8. The van der Waals surface area contributed by atoms with E-state index in [0.29, 0.717) is 43.8 Å². The number of carbonyl (C=O) groups is 2. The Bertz CT molecular complexity index is 714. The Morgan fingerprint density at radius 3 is 2.43 bits per heavy atom. The minimum atomic E-state index is -0.146. The lowest BCUT2D eigenvalue weighted by Gasteiger charge is -2.37. The van der Waals surface area contributed by atoms with Crippen molar-refractivity contribution in [2.75, 3.05) is 26.2 Å². The molecule has 0 spiro atoms. The molecule has 2 heterocycles. The van der Waals surface area contributed by atoms with E-state index in [-0.39, 0.29) is 17.9 Å². The lowest BCUT2D eigenvalue weighted by Crippen LogP contribution is -2.55. The van der Waals surface area contributed by atoms with Gasteiger partial charge in [0.05, 0.1) is 11.7 Å². The molecule has 1 unspecified atom stereocenters. The second kappa shape index (κ2) is 8.19. The molecule has 154 valence electrons.